The van der Waals surface area contributed by atoms with Gasteiger partial charge in [-0.3, -0.25) is 4.79 Å². The fourth-order valence-corrected chi connectivity index (χ4v) is 1.96. The number of carbonyl (C=O) groups is 1. The van der Waals surface area contributed by atoms with Crippen LogP contribution in [0.2, 0.25) is 0 Å². The Morgan fingerprint density at radius 1 is 1.37 bits per heavy atom. The van der Waals surface area contributed by atoms with Gasteiger partial charge in [0.05, 0.1) is 6.61 Å². The fourth-order valence-electron chi connectivity index (χ4n) is 1.96. The Balaban J connectivity index is 1.73. The van der Waals surface area contributed by atoms with Crippen molar-refractivity contribution in [1.29, 1.82) is 0 Å². The van der Waals surface area contributed by atoms with Crippen molar-refractivity contribution >= 4 is 11.6 Å². The molecule has 100 valence electrons. The molecule has 1 aromatic carbocycles. The van der Waals surface area contributed by atoms with Gasteiger partial charge in [0.15, 0.2) is 0 Å². The van der Waals surface area contributed by atoms with Gasteiger partial charge in [0.25, 0.3) is 0 Å². The molecule has 3 nitrogen and oxygen atoms in total. The summed E-state index contributed by atoms with van der Waals surface area (Å²) in [4.78, 5) is 11.7. The molecular formula is C16H19NO2. The van der Waals surface area contributed by atoms with Crippen LogP contribution in [0.15, 0.2) is 48.1 Å². The Morgan fingerprint density at radius 3 is 3.00 bits per heavy atom. The van der Waals surface area contributed by atoms with Crippen LogP contribution in [-0.2, 0) is 9.53 Å². The summed E-state index contributed by atoms with van der Waals surface area (Å²) in [6.45, 7) is 2.57. The topological polar surface area (TPSA) is 38.3 Å². The highest BCUT2D eigenvalue weighted by atomic mass is 16.5. The van der Waals surface area contributed by atoms with Crippen LogP contribution in [0.25, 0.3) is 0 Å². The molecule has 3 heteroatoms. The van der Waals surface area contributed by atoms with Gasteiger partial charge in [0.2, 0.25) is 5.91 Å². The van der Waals surface area contributed by atoms with E-state index in [0.29, 0.717) is 6.61 Å². The van der Waals surface area contributed by atoms with E-state index in [0.717, 1.165) is 29.7 Å². The largest absolute Gasteiger partial charge is 0.367 e. The first-order valence-electron chi connectivity index (χ1n) is 6.54. The molecule has 1 aliphatic carbocycles. The molecule has 0 radical (unpaired) electrons. The second-order valence-corrected chi connectivity index (χ2v) is 4.67. The molecule has 2 rings (SSSR count). The van der Waals surface area contributed by atoms with E-state index < -0.39 is 0 Å². The predicted octanol–water partition coefficient (Wildman–Crippen LogP) is 3.23. The molecule has 0 fully saturated rings. The van der Waals surface area contributed by atoms with Crippen molar-refractivity contribution < 1.29 is 9.53 Å². The minimum atomic E-state index is -0.119. The Labute approximate surface area is 114 Å². The lowest BCUT2D eigenvalue weighted by atomic mass is 10.1. The summed E-state index contributed by atoms with van der Waals surface area (Å²) < 4.78 is 5.41. The van der Waals surface area contributed by atoms with Gasteiger partial charge in [-0.05, 0) is 43.0 Å². The highest BCUT2D eigenvalue weighted by molar-refractivity contribution is 5.91. The summed E-state index contributed by atoms with van der Waals surface area (Å²) in [6, 6.07) is 7.72. The van der Waals surface area contributed by atoms with Crippen LogP contribution >= 0.6 is 0 Å². The van der Waals surface area contributed by atoms with Crippen molar-refractivity contribution in [3.8, 4) is 0 Å². The average Bonchev–Trinajstić information content (AvgIpc) is 2.40. The first kappa shape index (κ1) is 13.6. The lowest BCUT2D eigenvalue weighted by molar-refractivity contribution is -0.120. The SMILES string of the molecule is Cc1cccc(NC(=O)COCC2=CCCC=C2)c1. The first-order valence-corrected chi connectivity index (χ1v) is 6.54. The van der Waals surface area contributed by atoms with E-state index >= 15 is 0 Å². The van der Waals surface area contributed by atoms with Crippen LogP contribution in [0, 0.1) is 6.92 Å². The van der Waals surface area contributed by atoms with Gasteiger partial charge in [-0.1, -0.05) is 30.4 Å². The quantitative estimate of drug-likeness (QED) is 0.879. The van der Waals surface area contributed by atoms with Gasteiger partial charge in [-0.15, -0.1) is 0 Å². The number of ether oxygens (including phenoxy) is 1. The Hall–Kier alpha value is -1.87. The molecule has 0 unspecified atom stereocenters. The zero-order chi connectivity index (χ0) is 13.5. The second-order valence-electron chi connectivity index (χ2n) is 4.67. The number of anilines is 1. The second kappa shape index (κ2) is 6.90. The molecule has 1 aliphatic rings. The van der Waals surface area contributed by atoms with E-state index in [2.05, 4.69) is 23.5 Å². The molecule has 0 heterocycles. The molecule has 19 heavy (non-hydrogen) atoms. The number of benzene rings is 1. The maximum absolute atomic E-state index is 11.7. The van der Waals surface area contributed by atoms with Crippen molar-refractivity contribution in [2.24, 2.45) is 0 Å². The lowest BCUT2D eigenvalue weighted by Crippen LogP contribution is -2.19. The number of carbonyl (C=O) groups excluding carboxylic acids is 1. The number of hydrogen-bond acceptors (Lipinski definition) is 2. The van der Waals surface area contributed by atoms with Gasteiger partial charge in [0.1, 0.15) is 6.61 Å². The molecule has 1 aromatic rings. The van der Waals surface area contributed by atoms with Crippen LogP contribution in [0.4, 0.5) is 5.69 Å². The van der Waals surface area contributed by atoms with E-state index in [1.807, 2.05) is 31.2 Å². The molecule has 0 aromatic heterocycles. The molecule has 0 atom stereocenters. The fraction of sp³-hybridized carbons (Fsp3) is 0.312. The van der Waals surface area contributed by atoms with Crippen molar-refractivity contribution in [3.63, 3.8) is 0 Å². The van der Waals surface area contributed by atoms with E-state index in [4.69, 9.17) is 4.74 Å². The van der Waals surface area contributed by atoms with E-state index in [9.17, 15) is 4.79 Å². The first-order chi connectivity index (χ1) is 9.24. The van der Waals surface area contributed by atoms with Crippen LogP contribution in [0.1, 0.15) is 18.4 Å². The molecule has 0 bridgehead atoms. The monoisotopic (exact) mass is 257 g/mol. The number of allylic oxidation sites excluding steroid dienone is 2. The van der Waals surface area contributed by atoms with Gasteiger partial charge in [-0.2, -0.15) is 0 Å². The van der Waals surface area contributed by atoms with Crippen LogP contribution < -0.4 is 5.32 Å². The van der Waals surface area contributed by atoms with Crippen molar-refractivity contribution in [1.82, 2.24) is 0 Å². The van der Waals surface area contributed by atoms with Gasteiger partial charge < -0.3 is 10.1 Å². The average molecular weight is 257 g/mol. The Bertz CT molecular complexity index is 503. The highest BCUT2D eigenvalue weighted by Crippen LogP contribution is 2.11. The standard InChI is InChI=1S/C16H19NO2/c1-13-6-5-9-15(10-13)17-16(18)12-19-11-14-7-3-2-4-8-14/h3,5-10H,2,4,11-12H2,1H3,(H,17,18). The number of rotatable bonds is 5. The van der Waals surface area contributed by atoms with Crippen molar-refractivity contribution in [3.05, 3.63) is 53.6 Å². The summed E-state index contributed by atoms with van der Waals surface area (Å²) in [7, 11) is 0. The maximum Gasteiger partial charge on any atom is 0.250 e. The Kier molecular flexibility index (Phi) is 4.93. The third-order valence-corrected chi connectivity index (χ3v) is 2.88. The van der Waals surface area contributed by atoms with Crippen molar-refractivity contribution in [2.45, 2.75) is 19.8 Å². The zero-order valence-electron chi connectivity index (χ0n) is 11.2. The van der Waals surface area contributed by atoms with Crippen molar-refractivity contribution in [2.75, 3.05) is 18.5 Å². The van der Waals surface area contributed by atoms with E-state index in [1.165, 1.54) is 0 Å². The van der Waals surface area contributed by atoms with Crippen LogP contribution in [0.3, 0.4) is 0 Å². The minimum absolute atomic E-state index is 0.0825. The molecule has 1 N–H and O–H groups in total. The number of amides is 1. The number of aryl methyl sites for hydroxylation is 1. The predicted molar refractivity (Wildman–Crippen MR) is 77.1 cm³/mol. The van der Waals surface area contributed by atoms with Gasteiger partial charge >= 0.3 is 0 Å². The van der Waals surface area contributed by atoms with Gasteiger partial charge in [0, 0.05) is 5.69 Å². The maximum atomic E-state index is 11.7. The highest BCUT2D eigenvalue weighted by Gasteiger charge is 2.04. The summed E-state index contributed by atoms with van der Waals surface area (Å²) >= 11 is 0. The molecule has 0 spiro atoms. The lowest BCUT2D eigenvalue weighted by Gasteiger charge is -2.09. The number of hydrogen-bond donors (Lipinski definition) is 1. The molecule has 1 amide bonds. The Morgan fingerprint density at radius 2 is 2.26 bits per heavy atom. The molecular weight excluding hydrogens is 238 g/mol. The summed E-state index contributed by atoms with van der Waals surface area (Å²) in [5.41, 5.74) is 3.08. The zero-order valence-corrected chi connectivity index (χ0v) is 11.2. The third kappa shape index (κ3) is 4.72. The van der Waals surface area contributed by atoms with Crippen LogP contribution in [0.5, 0.6) is 0 Å². The third-order valence-electron chi connectivity index (χ3n) is 2.88. The molecule has 0 saturated heterocycles. The number of nitrogens with one attached hydrogen (secondary N) is 1. The molecule has 0 saturated carbocycles. The normalized spacial score (nSPS) is 14.1. The van der Waals surface area contributed by atoms with E-state index in [-0.39, 0.29) is 12.5 Å². The molecule has 0 aliphatic heterocycles. The summed E-state index contributed by atoms with van der Waals surface area (Å²) in [6.07, 6.45) is 8.49. The smallest absolute Gasteiger partial charge is 0.250 e. The van der Waals surface area contributed by atoms with Crippen LogP contribution in [-0.4, -0.2) is 19.1 Å². The van der Waals surface area contributed by atoms with E-state index in [1.54, 1.807) is 0 Å². The van der Waals surface area contributed by atoms with Gasteiger partial charge in [-0.25, -0.2) is 0 Å². The summed E-state index contributed by atoms with van der Waals surface area (Å²) in [5.74, 6) is -0.119. The summed E-state index contributed by atoms with van der Waals surface area (Å²) in [5, 5.41) is 2.82. The minimum Gasteiger partial charge on any atom is -0.367 e.